The Morgan fingerprint density at radius 2 is 1.82 bits per heavy atom. The molecule has 0 N–H and O–H groups in total. The number of carbonyl (C=O) groups excluding carboxylic acids is 1. The highest BCUT2D eigenvalue weighted by Gasteiger charge is 2.30. The van der Waals surface area contributed by atoms with Gasteiger partial charge < -0.3 is 4.90 Å². The van der Waals surface area contributed by atoms with Crippen LogP contribution in [0.1, 0.15) is 52.4 Å². The summed E-state index contributed by atoms with van der Waals surface area (Å²) in [5.41, 5.74) is 3.11. The minimum atomic E-state index is -3.48. The number of anilines is 1. The van der Waals surface area contributed by atoms with E-state index < -0.39 is 10.0 Å². The zero-order valence-corrected chi connectivity index (χ0v) is 18.0. The first kappa shape index (κ1) is 19.6. The fourth-order valence-corrected chi connectivity index (χ4v) is 6.90. The third kappa shape index (κ3) is 3.29. The molecule has 0 radical (unpaired) electrons. The van der Waals surface area contributed by atoms with Gasteiger partial charge in [-0.25, -0.2) is 8.42 Å². The lowest BCUT2D eigenvalue weighted by Crippen LogP contribution is -2.30. The zero-order valence-electron chi connectivity index (χ0n) is 16.4. The van der Waals surface area contributed by atoms with Gasteiger partial charge in [-0.05, 0) is 67.5 Å². The summed E-state index contributed by atoms with van der Waals surface area (Å²) >= 11 is 1.63. The minimum Gasteiger partial charge on any atom is -0.307 e. The molecule has 0 bridgehead atoms. The van der Waals surface area contributed by atoms with E-state index in [1.165, 1.54) is 27.6 Å². The molecular formula is C21H26N2O3S2. The van der Waals surface area contributed by atoms with E-state index in [0.717, 1.165) is 29.0 Å². The van der Waals surface area contributed by atoms with Gasteiger partial charge in [0.2, 0.25) is 10.0 Å². The van der Waals surface area contributed by atoms with Crippen molar-refractivity contribution in [1.29, 1.82) is 0 Å². The van der Waals surface area contributed by atoms with Gasteiger partial charge in [0, 0.05) is 30.2 Å². The molecule has 7 heteroatoms. The normalized spacial score (nSPS) is 16.3. The Morgan fingerprint density at radius 1 is 1.07 bits per heavy atom. The van der Waals surface area contributed by atoms with Gasteiger partial charge in [-0.15, -0.1) is 11.3 Å². The van der Waals surface area contributed by atoms with Gasteiger partial charge in [0.1, 0.15) is 0 Å². The van der Waals surface area contributed by atoms with Gasteiger partial charge in [-0.1, -0.05) is 13.8 Å². The standard InChI is InChI=1S/C21H26N2O3S2/c1-3-22(4-2)28(25,26)17-9-10-18-15(13-17)11-12-23(18)21(24)20-14-16-7-5-6-8-19(16)27-20/h9-10,13-14H,3-8,11-12H2,1-2H3. The first-order valence-electron chi connectivity index (χ1n) is 10.0. The van der Waals surface area contributed by atoms with Crippen molar-refractivity contribution in [3.8, 4) is 0 Å². The topological polar surface area (TPSA) is 57.7 Å². The van der Waals surface area contributed by atoms with Gasteiger partial charge >= 0.3 is 0 Å². The van der Waals surface area contributed by atoms with E-state index in [1.807, 2.05) is 13.8 Å². The van der Waals surface area contributed by atoms with Crippen molar-refractivity contribution in [3.05, 3.63) is 45.1 Å². The Bertz CT molecular complexity index is 983. The molecule has 1 aliphatic heterocycles. The number of fused-ring (bicyclic) bond motifs is 2. The number of rotatable bonds is 5. The smallest absolute Gasteiger partial charge is 0.268 e. The van der Waals surface area contributed by atoms with Gasteiger partial charge in [-0.3, -0.25) is 4.79 Å². The Morgan fingerprint density at radius 3 is 2.54 bits per heavy atom. The van der Waals surface area contributed by atoms with Gasteiger partial charge in [0.15, 0.2) is 0 Å². The maximum atomic E-state index is 13.1. The molecule has 1 aromatic heterocycles. The molecule has 4 rings (SSSR count). The number of amides is 1. The summed E-state index contributed by atoms with van der Waals surface area (Å²) in [6.07, 6.45) is 5.25. The van der Waals surface area contributed by atoms with Crippen LogP contribution in [0.25, 0.3) is 0 Å². The lowest BCUT2D eigenvalue weighted by Gasteiger charge is -2.20. The van der Waals surface area contributed by atoms with Crippen LogP contribution in [0, 0.1) is 0 Å². The molecule has 2 heterocycles. The highest BCUT2D eigenvalue weighted by Crippen LogP contribution is 2.35. The van der Waals surface area contributed by atoms with Crippen LogP contribution < -0.4 is 4.90 Å². The molecule has 0 unspecified atom stereocenters. The predicted octanol–water partition coefficient (Wildman–Crippen LogP) is 3.86. The molecule has 0 atom stereocenters. The molecule has 0 spiro atoms. The van der Waals surface area contributed by atoms with E-state index in [4.69, 9.17) is 0 Å². The fraction of sp³-hybridized carbons (Fsp3) is 0.476. The summed E-state index contributed by atoms with van der Waals surface area (Å²) in [4.78, 5) is 17.4. The SMILES string of the molecule is CCN(CC)S(=O)(=O)c1ccc2c(c1)CCN2C(=O)c1cc2c(s1)CCCC2. The molecule has 28 heavy (non-hydrogen) atoms. The maximum absolute atomic E-state index is 13.1. The van der Waals surface area contributed by atoms with E-state index in [1.54, 1.807) is 34.4 Å². The van der Waals surface area contributed by atoms with E-state index in [-0.39, 0.29) is 5.91 Å². The predicted molar refractivity (Wildman–Crippen MR) is 113 cm³/mol. The summed E-state index contributed by atoms with van der Waals surface area (Å²) < 4.78 is 27.0. The molecule has 150 valence electrons. The summed E-state index contributed by atoms with van der Waals surface area (Å²) in [7, 11) is -3.48. The highest BCUT2D eigenvalue weighted by atomic mass is 32.2. The summed E-state index contributed by atoms with van der Waals surface area (Å²) in [5, 5.41) is 0. The Labute approximate surface area is 171 Å². The van der Waals surface area contributed by atoms with Crippen molar-refractivity contribution in [2.24, 2.45) is 0 Å². The minimum absolute atomic E-state index is 0.0394. The van der Waals surface area contributed by atoms with Crippen LogP contribution in [0.4, 0.5) is 5.69 Å². The van der Waals surface area contributed by atoms with E-state index in [9.17, 15) is 13.2 Å². The zero-order chi connectivity index (χ0) is 19.9. The van der Waals surface area contributed by atoms with Crippen molar-refractivity contribution in [2.75, 3.05) is 24.5 Å². The summed E-state index contributed by atoms with van der Waals surface area (Å²) in [6.45, 7) is 5.18. The first-order valence-corrected chi connectivity index (χ1v) is 12.3. The number of benzene rings is 1. The number of hydrogen-bond acceptors (Lipinski definition) is 4. The largest absolute Gasteiger partial charge is 0.307 e. The van der Waals surface area contributed by atoms with Crippen LogP contribution in [0.15, 0.2) is 29.2 Å². The molecule has 2 aromatic rings. The maximum Gasteiger partial charge on any atom is 0.268 e. The van der Waals surface area contributed by atoms with Crippen LogP contribution in [0.2, 0.25) is 0 Å². The molecule has 1 aliphatic carbocycles. The Kier molecular flexibility index (Phi) is 5.33. The quantitative estimate of drug-likeness (QED) is 0.741. The van der Waals surface area contributed by atoms with E-state index >= 15 is 0 Å². The lowest BCUT2D eigenvalue weighted by atomic mass is 9.99. The van der Waals surface area contributed by atoms with E-state index in [0.29, 0.717) is 31.0 Å². The second-order valence-corrected chi connectivity index (χ2v) is 10.4. The molecule has 2 aliphatic rings. The molecule has 1 aromatic carbocycles. The number of carbonyl (C=O) groups is 1. The van der Waals surface area contributed by atoms with Crippen molar-refractivity contribution in [3.63, 3.8) is 0 Å². The number of nitrogens with zero attached hydrogens (tertiary/aromatic N) is 2. The van der Waals surface area contributed by atoms with E-state index in [2.05, 4.69) is 6.07 Å². The number of sulfonamides is 1. The first-order chi connectivity index (χ1) is 13.5. The second kappa shape index (κ2) is 7.61. The average molecular weight is 419 g/mol. The third-order valence-electron chi connectivity index (χ3n) is 5.74. The highest BCUT2D eigenvalue weighted by molar-refractivity contribution is 7.89. The average Bonchev–Trinajstić information content (AvgIpc) is 3.31. The lowest BCUT2D eigenvalue weighted by molar-refractivity contribution is 0.0993. The number of hydrogen-bond donors (Lipinski definition) is 0. The Balaban J connectivity index is 1.61. The van der Waals surface area contributed by atoms with Crippen LogP contribution in [0.3, 0.4) is 0 Å². The molecular weight excluding hydrogens is 392 g/mol. The molecule has 1 amide bonds. The van der Waals surface area contributed by atoms with Gasteiger partial charge in [0.05, 0.1) is 9.77 Å². The summed E-state index contributed by atoms with van der Waals surface area (Å²) in [6, 6.07) is 7.25. The molecule has 5 nitrogen and oxygen atoms in total. The van der Waals surface area contributed by atoms with Crippen LogP contribution >= 0.6 is 11.3 Å². The van der Waals surface area contributed by atoms with Crippen molar-refractivity contribution in [1.82, 2.24) is 4.31 Å². The monoisotopic (exact) mass is 418 g/mol. The Hall–Kier alpha value is -1.70. The van der Waals surface area contributed by atoms with Crippen LogP contribution in [-0.4, -0.2) is 38.3 Å². The molecule has 0 saturated heterocycles. The van der Waals surface area contributed by atoms with Crippen molar-refractivity contribution >= 4 is 33.0 Å². The molecule has 0 saturated carbocycles. The van der Waals surface area contributed by atoms with Gasteiger partial charge in [-0.2, -0.15) is 4.31 Å². The fourth-order valence-electron chi connectivity index (χ4n) is 4.19. The second-order valence-electron chi connectivity index (χ2n) is 7.35. The van der Waals surface area contributed by atoms with Crippen molar-refractivity contribution < 1.29 is 13.2 Å². The van der Waals surface area contributed by atoms with Crippen LogP contribution in [0.5, 0.6) is 0 Å². The summed E-state index contributed by atoms with van der Waals surface area (Å²) in [5.74, 6) is 0.0394. The third-order valence-corrected chi connectivity index (χ3v) is 9.01. The molecule has 0 fully saturated rings. The number of aryl methyl sites for hydroxylation is 2. The van der Waals surface area contributed by atoms with Gasteiger partial charge in [0.25, 0.3) is 5.91 Å². The van der Waals surface area contributed by atoms with Crippen molar-refractivity contribution in [2.45, 2.75) is 50.8 Å². The number of thiophene rings is 1. The van der Waals surface area contributed by atoms with Crippen LogP contribution in [-0.2, 0) is 29.3 Å².